The minimum Gasteiger partial charge on any atom is -0.481 e. The van der Waals surface area contributed by atoms with Crippen molar-refractivity contribution in [2.45, 2.75) is 190 Å². The van der Waals surface area contributed by atoms with Crippen molar-refractivity contribution in [1.29, 1.82) is 0 Å². The first-order chi connectivity index (χ1) is 42.3. The number of hydrogen-bond acceptors (Lipinski definition) is 19. The lowest BCUT2D eigenvalue weighted by Crippen LogP contribution is -2.61. The fraction of sp³-hybridized carbons (Fsp3) is 0.660. The molecule has 0 spiro atoms. The zero-order chi connectivity index (χ0) is 67.8. The van der Waals surface area contributed by atoms with Gasteiger partial charge in [-0.2, -0.15) is 0 Å². The van der Waals surface area contributed by atoms with Gasteiger partial charge in [0.2, 0.25) is 59.1 Å². The number of rotatable bonds is 43. The molecule has 11 atom stereocenters. The molecule has 1 aliphatic heterocycles. The largest absolute Gasteiger partial charge is 0.481 e. The third kappa shape index (κ3) is 28.7. The molecule has 1 saturated heterocycles. The van der Waals surface area contributed by atoms with E-state index in [1.807, 2.05) is 0 Å². The second-order valence-electron chi connectivity index (χ2n) is 21.9. The molecule has 0 aromatic carbocycles. The lowest BCUT2D eigenvalue weighted by atomic mass is 10.0. The number of aliphatic hydroxyl groups is 1. The Morgan fingerprint density at radius 2 is 1.10 bits per heavy atom. The van der Waals surface area contributed by atoms with Crippen LogP contribution in [0, 0.1) is 5.92 Å². The summed E-state index contributed by atoms with van der Waals surface area (Å²) < 4.78 is 0. The lowest BCUT2D eigenvalue weighted by Gasteiger charge is -2.29. The maximum Gasteiger partial charge on any atom is 0.326 e. The summed E-state index contributed by atoms with van der Waals surface area (Å²) in [4.78, 5) is 190. The molecular formula is C53H90N20O17. The van der Waals surface area contributed by atoms with Crippen molar-refractivity contribution >= 4 is 88.9 Å². The van der Waals surface area contributed by atoms with Gasteiger partial charge in [0.1, 0.15) is 54.4 Å². The number of likely N-dealkylation sites (tertiary alicyclic amines) is 1. The SMILES string of the molecule is CC(C)C[C@H](NC(=O)[C@@H](NC(=O)[C@H](CCCCN)NC(=O)[C@H](CCC(=O)O)NC(=O)[C@H](CC(=O)O)NC(=O)[C@H](Cc1cnc[nH]1)NC(=O)[C@H](CCCN=C(N)N)NC(=O)[C@H](CCC(N)=O)NC(=O)[C@@H]1CCCN1C(=O)[C@@H](N)CCCN=C(N)N)[C@@H](C)O)C(=O)O. The van der Waals surface area contributed by atoms with Crippen LogP contribution in [0.2, 0.25) is 0 Å². The Bertz CT molecular complexity index is 2670. The lowest BCUT2D eigenvalue weighted by molar-refractivity contribution is -0.143. The number of nitrogens with zero attached hydrogens (tertiary/aromatic N) is 4. The number of carboxylic acids is 3. The molecule has 1 aromatic heterocycles. The molecule has 37 heteroatoms. The number of unbranched alkanes of at least 4 members (excludes halogenated alkanes) is 1. The number of hydrogen-bond donors (Lipinski definition) is 20. The van der Waals surface area contributed by atoms with Crippen LogP contribution in [-0.4, -0.2) is 217 Å². The maximum absolute atomic E-state index is 14.5. The van der Waals surface area contributed by atoms with Crippen molar-refractivity contribution in [2.24, 2.45) is 56.0 Å². The van der Waals surface area contributed by atoms with Gasteiger partial charge in [0, 0.05) is 50.8 Å². The number of nitrogens with two attached hydrogens (primary N) is 7. The first-order valence-corrected chi connectivity index (χ1v) is 29.2. The summed E-state index contributed by atoms with van der Waals surface area (Å²) in [5, 5.41) is 58.8. The number of imidazole rings is 1. The van der Waals surface area contributed by atoms with Gasteiger partial charge in [-0.15, -0.1) is 0 Å². The molecular weight excluding hydrogens is 1190 g/mol. The summed E-state index contributed by atoms with van der Waals surface area (Å²) in [5.41, 5.74) is 39.2. The van der Waals surface area contributed by atoms with Crippen LogP contribution in [0.1, 0.15) is 123 Å². The predicted molar refractivity (Wildman–Crippen MR) is 319 cm³/mol. The topological polar surface area (TPSA) is 638 Å². The normalized spacial score (nSPS) is 16.1. The van der Waals surface area contributed by atoms with Crippen molar-refractivity contribution in [2.75, 3.05) is 26.2 Å². The molecule has 90 heavy (non-hydrogen) atoms. The van der Waals surface area contributed by atoms with Gasteiger partial charge in [-0.25, -0.2) is 9.78 Å². The van der Waals surface area contributed by atoms with Crippen LogP contribution in [-0.2, 0) is 68.7 Å². The Morgan fingerprint density at radius 1 is 0.611 bits per heavy atom. The Labute approximate surface area is 518 Å². The highest BCUT2D eigenvalue weighted by molar-refractivity contribution is 5.99. The zero-order valence-electron chi connectivity index (χ0n) is 50.7. The molecule has 1 fully saturated rings. The number of aromatic amines is 1. The van der Waals surface area contributed by atoms with Gasteiger partial charge in [-0.3, -0.25) is 67.5 Å². The first kappa shape index (κ1) is 76.8. The van der Waals surface area contributed by atoms with Gasteiger partial charge < -0.3 is 113 Å². The van der Waals surface area contributed by atoms with E-state index in [0.29, 0.717) is 19.3 Å². The minimum atomic E-state index is -2.10. The van der Waals surface area contributed by atoms with Gasteiger partial charge in [0.25, 0.3) is 0 Å². The number of amides is 10. The Kier molecular flexibility index (Phi) is 33.8. The van der Waals surface area contributed by atoms with Crippen LogP contribution in [0.3, 0.4) is 0 Å². The number of primary amides is 1. The second-order valence-corrected chi connectivity index (χ2v) is 21.9. The van der Waals surface area contributed by atoms with Crippen molar-refractivity contribution in [3.63, 3.8) is 0 Å². The van der Waals surface area contributed by atoms with Crippen molar-refractivity contribution in [1.82, 2.24) is 57.4 Å². The standard InChI is InChI=1S/C53H90N20O17/c1-26(2)21-36(51(89)90)71-49(87)41(27(3)74)72-45(83)30(10-4-5-17-54)65-44(82)33(14-16-39(76)77)67-47(85)35(23-40(78)79)70-46(84)34(22-28-24-61-25-64-28)69-42(80)31(11-7-19-63-53(59)60)66-43(81)32(13-15-38(56)75)68-48(86)37-12-8-20-73(37)50(88)29(55)9-6-18-62-52(57)58/h24-27,29-37,41,74H,4-23,54-55H2,1-3H3,(H2,56,75)(H,61,64)(H,65,82)(H,66,81)(H,67,85)(H,68,86)(H,69,80)(H,70,84)(H,71,87)(H,72,83)(H,76,77)(H,78,79)(H,89,90)(H4,57,58,62)(H4,59,60,63)/t27-,29+,30+,31+,32+,33+,34+,35+,36+,37+,41+/m1/s1. The summed E-state index contributed by atoms with van der Waals surface area (Å²) in [6.07, 6.45) is -2.09. The van der Waals surface area contributed by atoms with Gasteiger partial charge in [0.15, 0.2) is 11.9 Å². The van der Waals surface area contributed by atoms with E-state index in [2.05, 4.69) is 62.5 Å². The zero-order valence-corrected chi connectivity index (χ0v) is 50.7. The third-order valence-electron chi connectivity index (χ3n) is 13.9. The quantitative estimate of drug-likeness (QED) is 0.0164. The van der Waals surface area contributed by atoms with Crippen LogP contribution >= 0.6 is 0 Å². The van der Waals surface area contributed by atoms with E-state index in [1.54, 1.807) is 13.8 Å². The van der Waals surface area contributed by atoms with Gasteiger partial charge in [-0.05, 0) is 96.4 Å². The smallest absolute Gasteiger partial charge is 0.326 e. The highest BCUT2D eigenvalue weighted by Gasteiger charge is 2.40. The highest BCUT2D eigenvalue weighted by atomic mass is 16.4. The van der Waals surface area contributed by atoms with Crippen LogP contribution in [0.5, 0.6) is 0 Å². The molecule has 0 bridgehead atoms. The average Bonchev–Trinajstić information content (AvgIpc) is 1.69. The van der Waals surface area contributed by atoms with E-state index < -0.39 is 182 Å². The van der Waals surface area contributed by atoms with E-state index in [9.17, 15) is 82.8 Å². The van der Waals surface area contributed by atoms with Crippen molar-refractivity contribution in [3.8, 4) is 0 Å². The number of guanidine groups is 2. The summed E-state index contributed by atoms with van der Waals surface area (Å²) in [6.45, 7) is 4.90. The molecule has 27 N–H and O–H groups in total. The molecule has 0 saturated carbocycles. The third-order valence-corrected chi connectivity index (χ3v) is 13.9. The van der Waals surface area contributed by atoms with Gasteiger partial charge in [0.05, 0.1) is 24.9 Å². The number of aliphatic imine (C=N–C) groups is 2. The van der Waals surface area contributed by atoms with Crippen molar-refractivity contribution in [3.05, 3.63) is 18.2 Å². The number of aliphatic carboxylic acids is 3. The highest BCUT2D eigenvalue weighted by Crippen LogP contribution is 2.20. The molecule has 0 radical (unpaired) electrons. The van der Waals surface area contributed by atoms with Crippen LogP contribution in [0.4, 0.5) is 0 Å². The maximum atomic E-state index is 14.5. The number of aromatic nitrogens is 2. The second kappa shape index (κ2) is 39.6. The van der Waals surface area contributed by atoms with Crippen molar-refractivity contribution < 1.29 is 82.8 Å². The summed E-state index contributed by atoms with van der Waals surface area (Å²) in [7, 11) is 0. The average molecular weight is 1280 g/mol. The number of carbonyl (C=O) groups is 13. The Morgan fingerprint density at radius 3 is 1.60 bits per heavy atom. The summed E-state index contributed by atoms with van der Waals surface area (Å²) in [5.74, 6) is -15.6. The minimum absolute atomic E-state index is 0.0129. The molecule has 504 valence electrons. The van der Waals surface area contributed by atoms with Crippen LogP contribution in [0.15, 0.2) is 22.5 Å². The predicted octanol–water partition coefficient (Wildman–Crippen LogP) is -7.50. The molecule has 37 nitrogen and oxygen atoms in total. The molecule has 1 aromatic rings. The molecule has 0 aliphatic carbocycles. The van der Waals surface area contributed by atoms with E-state index >= 15 is 0 Å². The Balaban J connectivity index is 2.53. The fourth-order valence-electron chi connectivity index (χ4n) is 9.24. The molecule has 2 heterocycles. The van der Waals surface area contributed by atoms with E-state index in [0.717, 1.165) is 6.92 Å². The summed E-state index contributed by atoms with van der Waals surface area (Å²) in [6, 6.07) is -15.8. The molecule has 0 unspecified atom stereocenters. The van der Waals surface area contributed by atoms with Crippen LogP contribution < -0.4 is 82.7 Å². The van der Waals surface area contributed by atoms with Crippen LogP contribution in [0.25, 0.3) is 0 Å². The monoisotopic (exact) mass is 1280 g/mol. The fourth-order valence-corrected chi connectivity index (χ4v) is 9.24. The molecule has 1 aliphatic rings. The number of carboxylic acid groups (broad SMARTS) is 3. The number of carbonyl (C=O) groups excluding carboxylic acids is 10. The molecule has 2 rings (SSSR count). The van der Waals surface area contributed by atoms with Gasteiger partial charge in [-0.1, -0.05) is 13.8 Å². The van der Waals surface area contributed by atoms with E-state index in [-0.39, 0.29) is 94.7 Å². The number of aliphatic hydroxyl groups excluding tert-OH is 1. The van der Waals surface area contributed by atoms with E-state index in [1.165, 1.54) is 17.4 Å². The summed E-state index contributed by atoms with van der Waals surface area (Å²) >= 11 is 0. The van der Waals surface area contributed by atoms with E-state index in [4.69, 9.17) is 40.1 Å². The van der Waals surface area contributed by atoms with Gasteiger partial charge >= 0.3 is 17.9 Å². The number of H-pyrrole nitrogens is 1. The Hall–Kier alpha value is -9.26. The number of nitrogens with one attached hydrogen (secondary N) is 9. The molecule has 10 amide bonds. The first-order valence-electron chi connectivity index (χ1n) is 29.2.